The van der Waals surface area contributed by atoms with Crippen LogP contribution in [0.2, 0.25) is 0 Å². The normalized spacial score (nSPS) is 12.2. The monoisotopic (exact) mass is 222 g/mol. The van der Waals surface area contributed by atoms with Gasteiger partial charge in [0.25, 0.3) is 0 Å². The van der Waals surface area contributed by atoms with E-state index < -0.39 is 11.7 Å². The molecule has 0 spiro atoms. The molecule has 0 fully saturated rings. The molecular weight excluding hydrogens is 204 g/mol. The average molecular weight is 223 g/mol. The Balaban J connectivity index is 3.27. The highest BCUT2D eigenvalue weighted by Gasteiger charge is 2.09. The van der Waals surface area contributed by atoms with E-state index in [4.69, 9.17) is 21.1 Å². The Morgan fingerprint density at radius 1 is 1.29 bits per heavy atom. The summed E-state index contributed by atoms with van der Waals surface area (Å²) in [5.74, 6) is 0. The highest BCUT2D eigenvalue weighted by atomic mass is 35.5. The molecule has 1 unspecified atom stereocenters. The van der Waals surface area contributed by atoms with Gasteiger partial charge < -0.3 is 9.47 Å². The third-order valence-electron chi connectivity index (χ3n) is 1.76. The van der Waals surface area contributed by atoms with E-state index in [1.54, 1.807) is 0 Å². The molecule has 1 atom stereocenters. The molecule has 0 rings (SSSR count). The number of hydrogen-bond donors (Lipinski definition) is 0. The second-order valence-electron chi connectivity index (χ2n) is 3.10. The lowest BCUT2D eigenvalue weighted by Crippen LogP contribution is -2.13. The molecule has 0 saturated heterocycles. The minimum absolute atomic E-state index is 0.423. The number of hydrogen-bond acceptors (Lipinski definition) is 3. The van der Waals surface area contributed by atoms with E-state index in [-0.39, 0.29) is 0 Å². The molecule has 0 aromatic rings. The first-order valence-corrected chi connectivity index (χ1v) is 5.61. The summed E-state index contributed by atoms with van der Waals surface area (Å²) in [5.41, 5.74) is -0.571. The zero-order chi connectivity index (χ0) is 10.8. The highest BCUT2D eigenvalue weighted by Crippen LogP contribution is 2.05. The number of carbonyl (C=O) groups excluding carboxylic acids is 1. The predicted octanol–water partition coefficient (Wildman–Crippen LogP) is 3.69. The molecule has 0 aliphatic rings. The van der Waals surface area contributed by atoms with E-state index in [2.05, 4.69) is 6.92 Å². The van der Waals surface area contributed by atoms with Crippen LogP contribution in [0.5, 0.6) is 0 Å². The highest BCUT2D eigenvalue weighted by molar-refractivity contribution is 6.20. The molecule has 0 aromatic heterocycles. The first-order chi connectivity index (χ1) is 6.70. The van der Waals surface area contributed by atoms with Crippen molar-refractivity contribution in [3.8, 4) is 0 Å². The summed E-state index contributed by atoms with van der Waals surface area (Å²) in [7, 11) is 0. The number of ether oxygens (including phenoxy) is 2. The Labute approximate surface area is 90.7 Å². The number of rotatable bonds is 7. The van der Waals surface area contributed by atoms with Crippen LogP contribution in [0, 0.1) is 0 Å². The summed E-state index contributed by atoms with van der Waals surface area (Å²) in [6.07, 6.45) is 4.25. The predicted molar refractivity (Wildman–Crippen MR) is 56.5 cm³/mol. The lowest BCUT2D eigenvalue weighted by atomic mass is 10.2. The second kappa shape index (κ2) is 9.13. The third-order valence-corrected chi connectivity index (χ3v) is 2.16. The maximum absolute atomic E-state index is 10.9. The van der Waals surface area contributed by atoms with E-state index in [1.165, 1.54) is 12.8 Å². The molecule has 0 saturated carbocycles. The molecular formula is C10H19ClO3. The summed E-state index contributed by atoms with van der Waals surface area (Å²) >= 11 is 5.60. The quantitative estimate of drug-likeness (QED) is 0.374. The fourth-order valence-corrected chi connectivity index (χ4v) is 0.979. The van der Waals surface area contributed by atoms with Crippen LogP contribution in [0.1, 0.15) is 46.0 Å². The smallest absolute Gasteiger partial charge is 0.434 e. The number of unbranched alkanes of at least 4 members (excludes halogenated alkanes) is 3. The van der Waals surface area contributed by atoms with Crippen molar-refractivity contribution < 1.29 is 14.3 Å². The minimum atomic E-state index is -0.664. The maximum Gasteiger partial charge on any atom is 0.509 e. The molecule has 0 bridgehead atoms. The first kappa shape index (κ1) is 13.6. The lowest BCUT2D eigenvalue weighted by molar-refractivity contribution is 0.0439. The van der Waals surface area contributed by atoms with Crippen LogP contribution in [0.15, 0.2) is 0 Å². The van der Waals surface area contributed by atoms with Gasteiger partial charge >= 0.3 is 6.16 Å². The molecule has 0 radical (unpaired) electrons. The SMILES string of the molecule is CCCCCCOC(=O)OC(Cl)CC. The summed E-state index contributed by atoms with van der Waals surface area (Å²) in [5, 5.41) is 0. The van der Waals surface area contributed by atoms with Crippen molar-refractivity contribution in [2.75, 3.05) is 6.61 Å². The van der Waals surface area contributed by atoms with Crippen LogP contribution in [0.3, 0.4) is 0 Å². The Hall–Kier alpha value is -0.440. The van der Waals surface area contributed by atoms with Gasteiger partial charge in [-0.25, -0.2) is 4.79 Å². The zero-order valence-corrected chi connectivity index (χ0v) is 9.68. The largest absolute Gasteiger partial charge is 0.509 e. The minimum Gasteiger partial charge on any atom is -0.434 e. The molecule has 0 aromatic carbocycles. The van der Waals surface area contributed by atoms with Crippen molar-refractivity contribution in [1.82, 2.24) is 0 Å². The van der Waals surface area contributed by atoms with Crippen LogP contribution < -0.4 is 0 Å². The van der Waals surface area contributed by atoms with Gasteiger partial charge in [0, 0.05) is 0 Å². The molecule has 3 nitrogen and oxygen atoms in total. The lowest BCUT2D eigenvalue weighted by Gasteiger charge is -2.08. The fraction of sp³-hybridized carbons (Fsp3) is 0.900. The average Bonchev–Trinajstić information content (AvgIpc) is 2.17. The second-order valence-corrected chi connectivity index (χ2v) is 3.58. The Morgan fingerprint density at radius 3 is 2.57 bits per heavy atom. The van der Waals surface area contributed by atoms with Crippen LogP contribution in [0.25, 0.3) is 0 Å². The molecule has 0 N–H and O–H groups in total. The molecule has 14 heavy (non-hydrogen) atoms. The zero-order valence-electron chi connectivity index (χ0n) is 8.92. The van der Waals surface area contributed by atoms with E-state index in [0.29, 0.717) is 13.0 Å². The van der Waals surface area contributed by atoms with Gasteiger partial charge in [-0.1, -0.05) is 44.7 Å². The summed E-state index contributed by atoms with van der Waals surface area (Å²) in [4.78, 5) is 10.9. The molecule has 0 aliphatic carbocycles. The third kappa shape index (κ3) is 8.17. The van der Waals surface area contributed by atoms with Gasteiger partial charge in [0.15, 0.2) is 5.56 Å². The van der Waals surface area contributed by atoms with Crippen LogP contribution in [-0.4, -0.2) is 18.3 Å². The summed E-state index contributed by atoms with van der Waals surface area (Å²) in [6, 6.07) is 0. The van der Waals surface area contributed by atoms with Gasteiger partial charge in [0.1, 0.15) is 0 Å². The van der Waals surface area contributed by atoms with Gasteiger partial charge in [-0.05, 0) is 12.8 Å². The Morgan fingerprint density at radius 2 is 2.00 bits per heavy atom. The van der Waals surface area contributed by atoms with Crippen molar-refractivity contribution in [1.29, 1.82) is 0 Å². The number of halogens is 1. The van der Waals surface area contributed by atoms with Gasteiger partial charge in [-0.2, -0.15) is 0 Å². The molecule has 0 aliphatic heterocycles. The number of carbonyl (C=O) groups is 1. The van der Waals surface area contributed by atoms with E-state index in [9.17, 15) is 4.79 Å². The Bertz CT molecular complexity index is 150. The van der Waals surface area contributed by atoms with Gasteiger partial charge in [-0.15, -0.1) is 0 Å². The van der Waals surface area contributed by atoms with E-state index in [1.807, 2.05) is 6.92 Å². The molecule has 4 heteroatoms. The van der Waals surface area contributed by atoms with Crippen LogP contribution >= 0.6 is 11.6 Å². The van der Waals surface area contributed by atoms with Crippen LogP contribution in [0.4, 0.5) is 4.79 Å². The molecule has 84 valence electrons. The molecule has 0 heterocycles. The van der Waals surface area contributed by atoms with Crippen molar-refractivity contribution >= 4 is 17.8 Å². The maximum atomic E-state index is 10.9. The van der Waals surface area contributed by atoms with Crippen molar-refractivity contribution in [3.05, 3.63) is 0 Å². The van der Waals surface area contributed by atoms with Crippen LogP contribution in [-0.2, 0) is 9.47 Å². The molecule has 0 amide bonds. The van der Waals surface area contributed by atoms with Gasteiger partial charge in [0.2, 0.25) is 0 Å². The fourth-order valence-electron chi connectivity index (χ4n) is 0.906. The topological polar surface area (TPSA) is 35.5 Å². The standard InChI is InChI=1S/C10H19ClO3/c1-3-5-6-7-8-13-10(12)14-9(11)4-2/h9H,3-8H2,1-2H3. The van der Waals surface area contributed by atoms with Crippen molar-refractivity contribution in [2.45, 2.75) is 51.5 Å². The number of alkyl halides is 1. The van der Waals surface area contributed by atoms with E-state index >= 15 is 0 Å². The first-order valence-electron chi connectivity index (χ1n) is 5.18. The van der Waals surface area contributed by atoms with E-state index in [0.717, 1.165) is 12.8 Å². The summed E-state index contributed by atoms with van der Waals surface area (Å²) < 4.78 is 9.53. The van der Waals surface area contributed by atoms with Gasteiger partial charge in [-0.3, -0.25) is 0 Å². The summed E-state index contributed by atoms with van der Waals surface area (Å²) in [6.45, 7) is 4.40. The van der Waals surface area contributed by atoms with Crippen molar-refractivity contribution in [3.63, 3.8) is 0 Å². The Kier molecular flexibility index (Phi) is 8.84. The van der Waals surface area contributed by atoms with Crippen molar-refractivity contribution in [2.24, 2.45) is 0 Å². The van der Waals surface area contributed by atoms with Gasteiger partial charge in [0.05, 0.1) is 6.61 Å².